The average Bonchev–Trinajstić information content (AvgIpc) is 3.33. The number of thioether (sulfide) groups is 1. The lowest BCUT2D eigenvalue weighted by molar-refractivity contribution is -0.113. The van der Waals surface area contributed by atoms with Crippen LogP contribution in [0.3, 0.4) is 0 Å². The van der Waals surface area contributed by atoms with Crippen molar-refractivity contribution in [3.8, 4) is 0 Å². The largest absolute Gasteiger partial charge is 0.414 e. The number of fused-ring (bicyclic) bond motifs is 2. The van der Waals surface area contributed by atoms with Crippen molar-refractivity contribution < 1.29 is 9.21 Å². The number of aromatic nitrogens is 5. The molecule has 2 aliphatic rings. The topological polar surface area (TPSA) is 99.1 Å². The van der Waals surface area contributed by atoms with Crippen LogP contribution in [0.4, 0.5) is 0 Å². The molecule has 0 saturated carbocycles. The monoisotopic (exact) mass is 390 g/mol. The predicted molar refractivity (Wildman–Crippen MR) is 104 cm³/mol. The van der Waals surface area contributed by atoms with Gasteiger partial charge in [-0.1, -0.05) is 47.3 Å². The van der Waals surface area contributed by atoms with E-state index in [0.717, 1.165) is 22.3 Å². The number of carbonyl (C=O) groups excluding carboxylic acids is 1. The van der Waals surface area contributed by atoms with E-state index in [4.69, 9.17) is 4.42 Å². The Bertz CT molecular complexity index is 1190. The van der Waals surface area contributed by atoms with Crippen LogP contribution in [-0.4, -0.2) is 42.6 Å². The summed E-state index contributed by atoms with van der Waals surface area (Å²) in [7, 11) is 0. The van der Waals surface area contributed by atoms with Crippen molar-refractivity contribution in [2.45, 2.75) is 11.8 Å². The third-order valence-electron chi connectivity index (χ3n) is 4.46. The van der Waals surface area contributed by atoms with Gasteiger partial charge in [0.05, 0.1) is 11.2 Å². The molecule has 0 fully saturated rings. The van der Waals surface area contributed by atoms with Gasteiger partial charge in [-0.3, -0.25) is 4.79 Å². The highest BCUT2D eigenvalue weighted by Gasteiger charge is 2.24. The standard InChI is InChI=1S/C19H14N6O2S/c26-17-9-12(13-5-1-2-6-14(13)20-17)11-28-19-23-22-18(27-19)10-25-16-8-4-3-7-15(16)21-24-25/h1-9,13H,10-11H2. The quantitative estimate of drug-likeness (QED) is 0.618. The Morgan fingerprint density at radius 2 is 2.07 bits per heavy atom. The molecule has 0 N–H and O–H groups in total. The summed E-state index contributed by atoms with van der Waals surface area (Å²) in [5, 5.41) is 16.9. The number of amides is 1. The van der Waals surface area contributed by atoms with Gasteiger partial charge in [-0.25, -0.2) is 9.67 Å². The molecule has 0 bridgehead atoms. The van der Waals surface area contributed by atoms with E-state index in [1.165, 1.54) is 11.8 Å². The molecule has 1 aliphatic heterocycles. The molecule has 1 aliphatic carbocycles. The van der Waals surface area contributed by atoms with Gasteiger partial charge in [0, 0.05) is 17.7 Å². The Morgan fingerprint density at radius 3 is 3.04 bits per heavy atom. The summed E-state index contributed by atoms with van der Waals surface area (Å²) in [6.07, 6.45) is 9.34. The van der Waals surface area contributed by atoms with Crippen molar-refractivity contribution in [2.24, 2.45) is 10.9 Å². The molecule has 9 heteroatoms. The lowest BCUT2D eigenvalue weighted by atomic mass is 9.89. The normalized spacial score (nSPS) is 18.3. The Kier molecular flexibility index (Phi) is 4.21. The summed E-state index contributed by atoms with van der Waals surface area (Å²) in [6, 6.07) is 7.70. The average molecular weight is 390 g/mol. The molecule has 138 valence electrons. The zero-order chi connectivity index (χ0) is 18.9. The highest BCUT2D eigenvalue weighted by Crippen LogP contribution is 2.29. The van der Waals surface area contributed by atoms with Gasteiger partial charge in [0.25, 0.3) is 11.1 Å². The second kappa shape index (κ2) is 7.01. The van der Waals surface area contributed by atoms with Crippen LogP contribution in [0.2, 0.25) is 0 Å². The number of rotatable bonds is 5. The SMILES string of the molecule is O=C1C=C(CSc2nnc(Cn3nnc4ccccc43)o2)C2C=CC=CC2=N1. The third kappa shape index (κ3) is 3.20. The minimum Gasteiger partial charge on any atom is -0.414 e. The number of aliphatic imine (C=N–C) groups is 1. The predicted octanol–water partition coefficient (Wildman–Crippen LogP) is 2.60. The fourth-order valence-electron chi connectivity index (χ4n) is 3.16. The van der Waals surface area contributed by atoms with Crippen LogP contribution < -0.4 is 0 Å². The zero-order valence-electron chi connectivity index (χ0n) is 14.6. The third-order valence-corrected chi connectivity index (χ3v) is 5.35. The summed E-state index contributed by atoms with van der Waals surface area (Å²) >= 11 is 1.40. The van der Waals surface area contributed by atoms with Gasteiger partial charge in [-0.05, 0) is 23.8 Å². The molecule has 3 aromatic rings. The van der Waals surface area contributed by atoms with Gasteiger partial charge in [-0.2, -0.15) is 0 Å². The second-order valence-electron chi connectivity index (χ2n) is 6.30. The number of hydrogen-bond acceptors (Lipinski definition) is 7. The highest BCUT2D eigenvalue weighted by molar-refractivity contribution is 7.99. The van der Waals surface area contributed by atoms with Crippen molar-refractivity contribution in [1.29, 1.82) is 0 Å². The van der Waals surface area contributed by atoms with Crippen LogP contribution in [0.1, 0.15) is 5.89 Å². The van der Waals surface area contributed by atoms with Crippen molar-refractivity contribution >= 4 is 34.4 Å². The fraction of sp³-hybridized carbons (Fsp3) is 0.158. The molecule has 5 rings (SSSR count). The summed E-state index contributed by atoms with van der Waals surface area (Å²) in [5.41, 5.74) is 3.47. The Morgan fingerprint density at radius 1 is 1.14 bits per heavy atom. The summed E-state index contributed by atoms with van der Waals surface area (Å²) in [6.45, 7) is 0.349. The van der Waals surface area contributed by atoms with Crippen molar-refractivity contribution in [2.75, 3.05) is 5.75 Å². The van der Waals surface area contributed by atoms with Crippen LogP contribution in [0, 0.1) is 5.92 Å². The van der Waals surface area contributed by atoms with E-state index in [2.05, 4.69) is 25.5 Å². The van der Waals surface area contributed by atoms with Gasteiger partial charge < -0.3 is 4.42 Å². The van der Waals surface area contributed by atoms with E-state index in [1.807, 2.05) is 48.6 Å². The Labute approximate surface area is 163 Å². The Hall–Kier alpha value is -3.33. The van der Waals surface area contributed by atoms with Gasteiger partial charge in [0.2, 0.25) is 5.89 Å². The van der Waals surface area contributed by atoms with Crippen molar-refractivity contribution in [3.63, 3.8) is 0 Å². The van der Waals surface area contributed by atoms with Crippen molar-refractivity contribution in [3.05, 3.63) is 66.1 Å². The van der Waals surface area contributed by atoms with Gasteiger partial charge in [0.1, 0.15) is 12.1 Å². The zero-order valence-corrected chi connectivity index (χ0v) is 15.4. The van der Waals surface area contributed by atoms with E-state index >= 15 is 0 Å². The van der Waals surface area contributed by atoms with E-state index in [0.29, 0.717) is 23.4 Å². The van der Waals surface area contributed by atoms with Gasteiger partial charge in [-0.15, -0.1) is 15.3 Å². The smallest absolute Gasteiger partial charge is 0.276 e. The van der Waals surface area contributed by atoms with Gasteiger partial charge >= 0.3 is 0 Å². The molecule has 0 spiro atoms. The maximum absolute atomic E-state index is 11.8. The number of hydrogen-bond donors (Lipinski definition) is 0. The molecule has 1 unspecified atom stereocenters. The summed E-state index contributed by atoms with van der Waals surface area (Å²) < 4.78 is 7.46. The molecular formula is C19H14N6O2S. The van der Waals surface area contributed by atoms with Crippen LogP contribution >= 0.6 is 11.8 Å². The van der Waals surface area contributed by atoms with Crippen LogP contribution in [0.5, 0.6) is 0 Å². The van der Waals surface area contributed by atoms with E-state index in [1.54, 1.807) is 10.8 Å². The number of carbonyl (C=O) groups is 1. The number of allylic oxidation sites excluding steroid dienone is 4. The molecule has 0 saturated heterocycles. The minimum absolute atomic E-state index is 0.0269. The second-order valence-corrected chi connectivity index (χ2v) is 7.23. The first-order chi connectivity index (χ1) is 13.8. The molecular weight excluding hydrogens is 376 g/mol. The van der Waals surface area contributed by atoms with E-state index in [-0.39, 0.29) is 11.8 Å². The fourth-order valence-corrected chi connectivity index (χ4v) is 3.97. The maximum Gasteiger partial charge on any atom is 0.276 e. The number of nitrogens with zero attached hydrogens (tertiary/aromatic N) is 6. The Balaban J connectivity index is 1.28. The summed E-state index contributed by atoms with van der Waals surface area (Å²) in [5.74, 6) is 0.821. The number of dihydropyridines is 1. The molecule has 28 heavy (non-hydrogen) atoms. The van der Waals surface area contributed by atoms with Crippen molar-refractivity contribution in [1.82, 2.24) is 25.2 Å². The first-order valence-electron chi connectivity index (χ1n) is 8.67. The molecule has 3 heterocycles. The molecule has 1 atom stereocenters. The molecule has 1 aromatic carbocycles. The van der Waals surface area contributed by atoms with E-state index < -0.39 is 0 Å². The first kappa shape index (κ1) is 16.8. The van der Waals surface area contributed by atoms with Gasteiger partial charge in [0.15, 0.2) is 0 Å². The van der Waals surface area contributed by atoms with Crippen LogP contribution in [-0.2, 0) is 11.3 Å². The molecule has 2 aromatic heterocycles. The van der Waals surface area contributed by atoms with E-state index in [9.17, 15) is 4.79 Å². The maximum atomic E-state index is 11.8. The van der Waals surface area contributed by atoms with Crippen LogP contribution in [0.25, 0.3) is 11.0 Å². The molecule has 8 nitrogen and oxygen atoms in total. The minimum atomic E-state index is -0.230. The number of para-hydroxylation sites is 1. The number of benzene rings is 1. The highest BCUT2D eigenvalue weighted by atomic mass is 32.2. The van der Waals surface area contributed by atoms with Crippen LogP contribution in [0.15, 0.2) is 74.9 Å². The molecule has 1 amide bonds. The summed E-state index contributed by atoms with van der Waals surface area (Å²) in [4.78, 5) is 15.9. The lowest BCUT2D eigenvalue weighted by Crippen LogP contribution is -2.22. The first-order valence-corrected chi connectivity index (χ1v) is 9.66. The molecule has 0 radical (unpaired) electrons. The lowest BCUT2D eigenvalue weighted by Gasteiger charge is -2.21.